The fraction of sp³-hybridized carbons (Fsp3) is 0.435. The smallest absolute Gasteiger partial charge is 0.251 e. The van der Waals surface area contributed by atoms with Crippen LogP contribution in [0, 0.1) is 5.92 Å². The van der Waals surface area contributed by atoms with E-state index >= 15 is 0 Å². The molecule has 0 fully saturated rings. The van der Waals surface area contributed by atoms with E-state index in [9.17, 15) is 9.90 Å². The highest BCUT2D eigenvalue weighted by atomic mass is 35.5. The predicted octanol–water partition coefficient (Wildman–Crippen LogP) is 3.84. The molecule has 0 heterocycles. The van der Waals surface area contributed by atoms with Crippen LogP contribution < -0.4 is 10.6 Å². The summed E-state index contributed by atoms with van der Waals surface area (Å²) < 4.78 is 0. The number of hydrogen-bond acceptors (Lipinski definition) is 3. The second kappa shape index (κ2) is 13.3. The third-order valence-corrected chi connectivity index (χ3v) is 4.60. The fourth-order valence-corrected chi connectivity index (χ4v) is 3.02. The Kier molecular flexibility index (Phi) is 11.5. The van der Waals surface area contributed by atoms with Crippen molar-refractivity contribution in [2.75, 3.05) is 13.1 Å². The van der Waals surface area contributed by atoms with Crippen LogP contribution in [-0.2, 0) is 6.42 Å². The monoisotopic (exact) mass is 404 g/mol. The van der Waals surface area contributed by atoms with Gasteiger partial charge in [0.2, 0.25) is 0 Å². The van der Waals surface area contributed by atoms with E-state index in [-0.39, 0.29) is 24.4 Å². The number of aliphatic hydroxyl groups excluding tert-OH is 1. The summed E-state index contributed by atoms with van der Waals surface area (Å²) in [5.41, 5.74) is 1.70. The number of nitrogens with one attached hydrogen (secondary N) is 2. The number of benzene rings is 2. The van der Waals surface area contributed by atoms with Crippen molar-refractivity contribution < 1.29 is 9.90 Å². The van der Waals surface area contributed by atoms with E-state index in [4.69, 9.17) is 0 Å². The summed E-state index contributed by atoms with van der Waals surface area (Å²) in [5.74, 6) is 0.531. The number of amides is 1. The van der Waals surface area contributed by atoms with Crippen LogP contribution in [0.15, 0.2) is 60.7 Å². The number of rotatable bonds is 11. The highest BCUT2D eigenvalue weighted by molar-refractivity contribution is 5.94. The molecule has 2 atom stereocenters. The van der Waals surface area contributed by atoms with Crippen molar-refractivity contribution in [2.45, 2.75) is 45.3 Å². The molecule has 0 radical (unpaired) electrons. The summed E-state index contributed by atoms with van der Waals surface area (Å²) in [7, 11) is 0. The number of carbonyl (C=O) groups excluding carboxylic acids is 1. The Morgan fingerprint density at radius 1 is 1.00 bits per heavy atom. The highest BCUT2D eigenvalue weighted by Gasteiger charge is 2.22. The molecule has 154 valence electrons. The van der Waals surface area contributed by atoms with Crippen LogP contribution in [0.5, 0.6) is 0 Å². The zero-order chi connectivity index (χ0) is 19.5. The maximum atomic E-state index is 12.6. The second-order valence-electron chi connectivity index (χ2n) is 7.44. The molecule has 28 heavy (non-hydrogen) atoms. The van der Waals surface area contributed by atoms with Gasteiger partial charge in [-0.25, -0.2) is 0 Å². The number of carbonyl (C=O) groups is 1. The lowest BCUT2D eigenvalue weighted by Gasteiger charge is -2.25. The van der Waals surface area contributed by atoms with E-state index < -0.39 is 6.10 Å². The first-order valence-electron chi connectivity index (χ1n) is 9.85. The molecule has 0 aliphatic heterocycles. The Bertz CT molecular complexity index is 665. The minimum Gasteiger partial charge on any atom is -0.390 e. The van der Waals surface area contributed by atoms with E-state index in [1.54, 1.807) is 12.1 Å². The van der Waals surface area contributed by atoms with E-state index in [1.807, 2.05) is 48.5 Å². The third-order valence-electron chi connectivity index (χ3n) is 4.60. The van der Waals surface area contributed by atoms with Crippen molar-refractivity contribution in [3.63, 3.8) is 0 Å². The predicted molar refractivity (Wildman–Crippen MR) is 118 cm³/mol. The first kappa shape index (κ1) is 24.2. The molecule has 3 N–H and O–H groups in total. The van der Waals surface area contributed by atoms with Gasteiger partial charge in [0.25, 0.3) is 5.91 Å². The van der Waals surface area contributed by atoms with Gasteiger partial charge in [0.15, 0.2) is 0 Å². The van der Waals surface area contributed by atoms with Crippen LogP contribution >= 0.6 is 12.4 Å². The van der Waals surface area contributed by atoms with Gasteiger partial charge in [0.05, 0.1) is 12.1 Å². The number of halogens is 1. The topological polar surface area (TPSA) is 61.4 Å². The van der Waals surface area contributed by atoms with Crippen molar-refractivity contribution >= 4 is 18.3 Å². The summed E-state index contributed by atoms with van der Waals surface area (Å²) in [4.78, 5) is 12.6. The molecule has 0 aliphatic carbocycles. The molecule has 2 aromatic carbocycles. The Morgan fingerprint density at radius 3 is 2.21 bits per heavy atom. The lowest BCUT2D eigenvalue weighted by atomic mass is 10.0. The van der Waals surface area contributed by atoms with Gasteiger partial charge in [0.1, 0.15) is 0 Å². The van der Waals surface area contributed by atoms with E-state index in [0.29, 0.717) is 24.4 Å². The summed E-state index contributed by atoms with van der Waals surface area (Å²) in [6.07, 6.45) is 2.19. The van der Waals surface area contributed by atoms with Gasteiger partial charge >= 0.3 is 0 Å². The molecule has 2 rings (SSSR count). The van der Waals surface area contributed by atoms with E-state index in [2.05, 4.69) is 24.5 Å². The Morgan fingerprint density at radius 2 is 1.61 bits per heavy atom. The zero-order valence-corrected chi connectivity index (χ0v) is 17.6. The number of aliphatic hydroxyl groups is 1. The van der Waals surface area contributed by atoms with Gasteiger partial charge in [0, 0.05) is 12.1 Å². The summed E-state index contributed by atoms with van der Waals surface area (Å²) in [6.45, 7) is 5.76. The zero-order valence-electron chi connectivity index (χ0n) is 16.8. The van der Waals surface area contributed by atoms with Crippen molar-refractivity contribution in [1.29, 1.82) is 0 Å². The van der Waals surface area contributed by atoms with Crippen LogP contribution in [0.25, 0.3) is 0 Å². The van der Waals surface area contributed by atoms with Crippen LogP contribution in [0.1, 0.15) is 42.6 Å². The maximum Gasteiger partial charge on any atom is 0.251 e. The van der Waals surface area contributed by atoms with Crippen LogP contribution in [0.4, 0.5) is 0 Å². The van der Waals surface area contributed by atoms with Crippen LogP contribution in [0.3, 0.4) is 0 Å². The summed E-state index contributed by atoms with van der Waals surface area (Å²) >= 11 is 0. The largest absolute Gasteiger partial charge is 0.390 e. The molecule has 2 aromatic rings. The van der Waals surface area contributed by atoms with Crippen LogP contribution in [0.2, 0.25) is 0 Å². The SMILES string of the molecule is CC(C)CCCNC[C@@H](O)[C@H](Cc1ccccc1)NC(=O)c1ccccc1.Cl. The Labute approximate surface area is 175 Å². The molecular weight excluding hydrogens is 372 g/mol. The molecule has 0 spiro atoms. The first-order chi connectivity index (χ1) is 13.1. The molecule has 0 unspecified atom stereocenters. The van der Waals surface area contributed by atoms with E-state index in [0.717, 1.165) is 18.5 Å². The number of hydrogen-bond donors (Lipinski definition) is 3. The van der Waals surface area contributed by atoms with Crippen molar-refractivity contribution in [3.05, 3.63) is 71.8 Å². The lowest BCUT2D eigenvalue weighted by molar-refractivity contribution is 0.0830. The summed E-state index contributed by atoms with van der Waals surface area (Å²) in [6, 6.07) is 18.7. The van der Waals surface area contributed by atoms with Crippen molar-refractivity contribution in [2.24, 2.45) is 5.92 Å². The molecule has 0 saturated carbocycles. The third kappa shape index (κ3) is 8.87. The van der Waals surface area contributed by atoms with Gasteiger partial charge in [-0.15, -0.1) is 12.4 Å². The minimum absolute atomic E-state index is 0. The molecular formula is C23H33ClN2O2. The standard InChI is InChI=1S/C23H32N2O2.ClH/c1-18(2)10-9-15-24-17-22(26)21(16-19-11-5-3-6-12-19)25-23(27)20-13-7-4-8-14-20;/h3-8,11-14,18,21-22,24,26H,9-10,15-17H2,1-2H3,(H,25,27);1H/t21-,22+;/m0./s1. The molecule has 4 nitrogen and oxygen atoms in total. The second-order valence-corrected chi connectivity index (χ2v) is 7.44. The first-order valence-corrected chi connectivity index (χ1v) is 9.85. The minimum atomic E-state index is -0.656. The molecule has 0 aromatic heterocycles. The van der Waals surface area contributed by atoms with Crippen molar-refractivity contribution in [1.82, 2.24) is 10.6 Å². The average Bonchev–Trinajstić information content (AvgIpc) is 2.68. The highest BCUT2D eigenvalue weighted by Crippen LogP contribution is 2.09. The lowest BCUT2D eigenvalue weighted by Crippen LogP contribution is -2.48. The normalized spacial score (nSPS) is 12.9. The molecule has 1 amide bonds. The Balaban J connectivity index is 0.00000392. The average molecular weight is 405 g/mol. The van der Waals surface area contributed by atoms with Gasteiger partial charge in [-0.1, -0.05) is 62.4 Å². The van der Waals surface area contributed by atoms with Gasteiger partial charge in [-0.2, -0.15) is 0 Å². The van der Waals surface area contributed by atoms with Crippen LogP contribution in [-0.4, -0.2) is 36.2 Å². The fourth-order valence-electron chi connectivity index (χ4n) is 3.02. The van der Waals surface area contributed by atoms with Gasteiger partial charge in [-0.3, -0.25) is 4.79 Å². The molecule has 0 aliphatic rings. The molecule has 0 bridgehead atoms. The quantitative estimate of drug-likeness (QED) is 0.499. The van der Waals surface area contributed by atoms with Gasteiger partial charge < -0.3 is 15.7 Å². The maximum absolute atomic E-state index is 12.6. The van der Waals surface area contributed by atoms with Crippen molar-refractivity contribution in [3.8, 4) is 0 Å². The summed E-state index contributed by atoms with van der Waals surface area (Å²) in [5, 5.41) is 17.0. The molecule has 0 saturated heterocycles. The van der Waals surface area contributed by atoms with E-state index in [1.165, 1.54) is 6.42 Å². The van der Waals surface area contributed by atoms with Gasteiger partial charge in [-0.05, 0) is 49.4 Å². The molecule has 5 heteroatoms. The Hall–Kier alpha value is -1.88.